The SMILES string of the molecule is CN1CC2(C1)CN(c1cc(C#N)cc(Nc3nc(NC4CC4)c4ncc(C#N)n4n3)c1Cl)C2. The Bertz CT molecular complexity index is 1350. The van der Waals surface area contributed by atoms with Gasteiger partial charge in [-0.3, -0.25) is 0 Å². The van der Waals surface area contributed by atoms with E-state index in [1.807, 2.05) is 6.07 Å². The summed E-state index contributed by atoms with van der Waals surface area (Å²) >= 11 is 6.80. The Hall–Kier alpha value is -3.60. The summed E-state index contributed by atoms with van der Waals surface area (Å²) in [6, 6.07) is 8.20. The van der Waals surface area contributed by atoms with Crippen molar-refractivity contribution in [2.75, 3.05) is 48.8 Å². The molecule has 1 saturated carbocycles. The number of aromatic nitrogens is 4. The number of nitrogens with one attached hydrogen (secondary N) is 2. The van der Waals surface area contributed by atoms with E-state index in [9.17, 15) is 10.5 Å². The van der Waals surface area contributed by atoms with Gasteiger partial charge in [0.25, 0.3) is 0 Å². The number of anilines is 4. The predicted octanol–water partition coefficient (Wildman–Crippen LogP) is 2.59. The van der Waals surface area contributed by atoms with Crippen LogP contribution < -0.4 is 15.5 Å². The van der Waals surface area contributed by atoms with Crippen LogP contribution in [0.25, 0.3) is 5.65 Å². The minimum Gasteiger partial charge on any atom is -0.369 e. The molecule has 3 aliphatic rings. The van der Waals surface area contributed by atoms with Gasteiger partial charge in [0.1, 0.15) is 6.07 Å². The Morgan fingerprint density at radius 2 is 1.94 bits per heavy atom. The zero-order valence-corrected chi connectivity index (χ0v) is 18.8. The van der Waals surface area contributed by atoms with Crippen LogP contribution in [0.4, 0.5) is 23.1 Å². The van der Waals surface area contributed by atoms with Crippen LogP contribution in [0.2, 0.25) is 5.02 Å². The molecule has 0 unspecified atom stereocenters. The Morgan fingerprint density at radius 3 is 2.61 bits per heavy atom. The van der Waals surface area contributed by atoms with E-state index < -0.39 is 0 Å². The number of nitrogens with zero attached hydrogens (tertiary/aromatic N) is 8. The summed E-state index contributed by atoms with van der Waals surface area (Å²) in [6.07, 6.45) is 3.61. The monoisotopic (exact) mass is 460 g/mol. The fraction of sp³-hybridized carbons (Fsp3) is 0.409. The van der Waals surface area contributed by atoms with Gasteiger partial charge in [0, 0.05) is 37.6 Å². The van der Waals surface area contributed by atoms with Crippen molar-refractivity contribution in [3.8, 4) is 12.1 Å². The normalized spacial score (nSPS) is 19.0. The predicted molar refractivity (Wildman–Crippen MR) is 124 cm³/mol. The average Bonchev–Trinajstić information content (AvgIpc) is 3.47. The topological polar surface area (TPSA) is 121 Å². The number of hydrogen-bond acceptors (Lipinski definition) is 9. The van der Waals surface area contributed by atoms with Crippen LogP contribution in [0.5, 0.6) is 0 Å². The van der Waals surface area contributed by atoms with Gasteiger partial charge in [0.05, 0.1) is 34.2 Å². The van der Waals surface area contributed by atoms with E-state index in [1.54, 1.807) is 6.07 Å². The summed E-state index contributed by atoms with van der Waals surface area (Å²) in [5, 5.41) is 30.5. The van der Waals surface area contributed by atoms with E-state index in [2.05, 4.69) is 54.7 Å². The lowest BCUT2D eigenvalue weighted by atomic mass is 9.73. The zero-order chi connectivity index (χ0) is 22.7. The molecule has 2 N–H and O–H groups in total. The smallest absolute Gasteiger partial charge is 0.247 e. The second-order valence-electron chi connectivity index (χ2n) is 9.32. The Labute approximate surface area is 195 Å². The molecule has 0 radical (unpaired) electrons. The largest absolute Gasteiger partial charge is 0.369 e. The summed E-state index contributed by atoms with van der Waals surface area (Å²) in [7, 11) is 2.13. The van der Waals surface area contributed by atoms with Crippen LogP contribution >= 0.6 is 11.6 Å². The van der Waals surface area contributed by atoms with Crippen molar-refractivity contribution in [3.63, 3.8) is 0 Å². The third kappa shape index (κ3) is 3.39. The maximum atomic E-state index is 9.61. The molecule has 1 aliphatic carbocycles. The van der Waals surface area contributed by atoms with E-state index in [4.69, 9.17) is 11.6 Å². The van der Waals surface area contributed by atoms with E-state index in [-0.39, 0.29) is 5.95 Å². The second kappa shape index (κ2) is 7.20. The maximum Gasteiger partial charge on any atom is 0.247 e. The van der Waals surface area contributed by atoms with Crippen molar-refractivity contribution in [3.05, 3.63) is 34.6 Å². The van der Waals surface area contributed by atoms with E-state index in [1.165, 1.54) is 10.7 Å². The number of likely N-dealkylation sites (tertiary alicyclic amines) is 1. The molecule has 0 bridgehead atoms. The lowest BCUT2D eigenvalue weighted by Gasteiger charge is -2.60. The zero-order valence-electron chi connectivity index (χ0n) is 18.0. The van der Waals surface area contributed by atoms with Crippen LogP contribution in [0.3, 0.4) is 0 Å². The van der Waals surface area contributed by atoms with E-state index in [0.29, 0.717) is 44.9 Å². The number of imidazole rings is 1. The van der Waals surface area contributed by atoms with Gasteiger partial charge >= 0.3 is 0 Å². The highest BCUT2D eigenvalue weighted by Crippen LogP contribution is 2.45. The van der Waals surface area contributed by atoms with Crippen molar-refractivity contribution in [2.24, 2.45) is 5.41 Å². The molecular weight excluding hydrogens is 440 g/mol. The number of halogens is 1. The molecular formula is C22H21ClN10. The molecule has 33 heavy (non-hydrogen) atoms. The van der Waals surface area contributed by atoms with Gasteiger partial charge in [0.2, 0.25) is 5.95 Å². The molecule has 0 atom stereocenters. The van der Waals surface area contributed by atoms with Gasteiger partial charge in [-0.2, -0.15) is 20.0 Å². The van der Waals surface area contributed by atoms with Crippen molar-refractivity contribution >= 4 is 40.4 Å². The van der Waals surface area contributed by atoms with Crippen LogP contribution in [-0.2, 0) is 0 Å². The Morgan fingerprint density at radius 1 is 1.15 bits per heavy atom. The molecule has 0 amide bonds. The van der Waals surface area contributed by atoms with Gasteiger partial charge in [-0.05, 0) is 32.0 Å². The molecule has 11 heteroatoms. The number of rotatable bonds is 5. The molecule has 2 aliphatic heterocycles. The first-order chi connectivity index (χ1) is 16.0. The van der Waals surface area contributed by atoms with Crippen LogP contribution in [0, 0.1) is 28.1 Å². The lowest BCUT2D eigenvalue weighted by Crippen LogP contribution is -2.71. The molecule has 1 aromatic carbocycles. The molecule has 2 saturated heterocycles. The number of hydrogen-bond donors (Lipinski definition) is 2. The number of nitriles is 2. The highest BCUT2D eigenvalue weighted by Gasteiger charge is 2.50. The first-order valence-electron chi connectivity index (χ1n) is 10.8. The highest BCUT2D eigenvalue weighted by atomic mass is 35.5. The average molecular weight is 461 g/mol. The Kier molecular flexibility index (Phi) is 4.37. The molecule has 3 fully saturated rings. The molecule has 166 valence electrons. The van der Waals surface area contributed by atoms with Crippen LogP contribution in [-0.4, -0.2) is 63.8 Å². The van der Waals surface area contributed by atoms with Gasteiger partial charge in [-0.25, -0.2) is 4.98 Å². The first-order valence-corrected chi connectivity index (χ1v) is 11.2. The molecule has 3 aromatic rings. The van der Waals surface area contributed by atoms with Crippen LogP contribution in [0.15, 0.2) is 18.3 Å². The molecule has 6 rings (SSSR count). The quantitative estimate of drug-likeness (QED) is 0.591. The third-order valence-corrected chi connectivity index (χ3v) is 6.82. The minimum absolute atomic E-state index is 0.267. The van der Waals surface area contributed by atoms with Crippen molar-refractivity contribution in [1.82, 2.24) is 24.5 Å². The summed E-state index contributed by atoms with van der Waals surface area (Å²) in [5.74, 6) is 0.826. The lowest BCUT2D eigenvalue weighted by molar-refractivity contribution is -0.00237. The number of benzene rings is 1. The second-order valence-corrected chi connectivity index (χ2v) is 9.69. The van der Waals surface area contributed by atoms with Crippen molar-refractivity contribution in [2.45, 2.75) is 18.9 Å². The standard InChI is InChI=1S/C22H21ClN10/c1-31-9-22(10-31)11-32(12-22)17-5-13(6-24)4-16(18(17)23)28-21-29-19(27-14-2-3-14)20-26-8-15(7-25)33(20)30-21/h4-5,8,14H,2-3,9-12H2,1H3,(H2,27,28,29,30). The highest BCUT2D eigenvalue weighted by molar-refractivity contribution is 6.36. The van der Waals surface area contributed by atoms with E-state index >= 15 is 0 Å². The fourth-order valence-corrected chi connectivity index (χ4v) is 5.15. The van der Waals surface area contributed by atoms with Crippen LogP contribution in [0.1, 0.15) is 24.1 Å². The van der Waals surface area contributed by atoms with Gasteiger partial charge in [-0.1, -0.05) is 11.6 Å². The van der Waals surface area contributed by atoms with Gasteiger partial charge in [0.15, 0.2) is 17.2 Å². The van der Waals surface area contributed by atoms with E-state index in [0.717, 1.165) is 44.7 Å². The molecule has 2 aromatic heterocycles. The minimum atomic E-state index is 0.267. The number of fused-ring (bicyclic) bond motifs is 1. The molecule has 1 spiro atoms. The van der Waals surface area contributed by atoms with Crippen molar-refractivity contribution < 1.29 is 0 Å². The third-order valence-electron chi connectivity index (χ3n) is 6.43. The molecule has 10 nitrogen and oxygen atoms in total. The van der Waals surface area contributed by atoms with Gasteiger partial charge in [-0.15, -0.1) is 5.10 Å². The molecule has 4 heterocycles. The maximum absolute atomic E-state index is 9.61. The summed E-state index contributed by atoms with van der Waals surface area (Å²) in [4.78, 5) is 13.4. The fourth-order valence-electron chi connectivity index (χ4n) is 4.88. The van der Waals surface area contributed by atoms with Crippen molar-refractivity contribution in [1.29, 1.82) is 10.5 Å². The summed E-state index contributed by atoms with van der Waals surface area (Å²) in [6.45, 7) is 4.01. The Balaban J connectivity index is 1.35. The summed E-state index contributed by atoms with van der Waals surface area (Å²) in [5.41, 5.74) is 3.02. The first kappa shape index (κ1) is 20.0. The summed E-state index contributed by atoms with van der Waals surface area (Å²) < 4.78 is 1.47. The van der Waals surface area contributed by atoms with Gasteiger partial charge < -0.3 is 20.4 Å².